The summed E-state index contributed by atoms with van der Waals surface area (Å²) in [7, 11) is 4.24. The van der Waals surface area contributed by atoms with Crippen molar-refractivity contribution in [3.05, 3.63) is 72.4 Å². The van der Waals surface area contributed by atoms with Crippen LogP contribution in [-0.4, -0.2) is 47.9 Å². The molecule has 0 fully saturated rings. The Labute approximate surface area is 188 Å². The van der Waals surface area contributed by atoms with Crippen LogP contribution in [0.15, 0.2) is 61.1 Å². The minimum Gasteiger partial charge on any atom is -0.494 e. The highest BCUT2D eigenvalue weighted by Crippen LogP contribution is 2.27. The number of hydrogen-bond donors (Lipinski definition) is 1. The summed E-state index contributed by atoms with van der Waals surface area (Å²) in [5.74, 6) is -0.393. The Morgan fingerprint density at radius 2 is 1.91 bits per heavy atom. The van der Waals surface area contributed by atoms with Crippen LogP contribution >= 0.6 is 0 Å². The molecule has 0 bridgehead atoms. The second-order valence-electron chi connectivity index (χ2n) is 7.04. The number of nitrogens with one attached hydrogen (secondary N) is 1. The van der Waals surface area contributed by atoms with Gasteiger partial charge in [0.25, 0.3) is 5.91 Å². The van der Waals surface area contributed by atoms with Crippen LogP contribution in [0, 0.1) is 5.82 Å². The molecule has 0 unspecified atom stereocenters. The highest BCUT2D eigenvalue weighted by Gasteiger charge is 2.17. The van der Waals surface area contributed by atoms with E-state index in [1.54, 1.807) is 54.4 Å². The topological polar surface area (TPSA) is 98.1 Å². The fraction of sp³-hybridized carbons (Fsp3) is 0.130. The summed E-state index contributed by atoms with van der Waals surface area (Å²) >= 11 is 0. The lowest BCUT2D eigenvalue weighted by atomic mass is 10.1. The maximum Gasteiger partial charge on any atom is 0.412 e. The number of hydrogen-bond acceptors (Lipinski definition) is 6. The van der Waals surface area contributed by atoms with E-state index in [-0.39, 0.29) is 11.7 Å². The van der Waals surface area contributed by atoms with Crippen molar-refractivity contribution in [1.82, 2.24) is 14.6 Å². The van der Waals surface area contributed by atoms with Crippen LogP contribution < -0.4 is 15.0 Å². The number of ether oxygens (including phenoxy) is 2. The van der Waals surface area contributed by atoms with Crippen molar-refractivity contribution in [3.63, 3.8) is 0 Å². The van der Waals surface area contributed by atoms with Crippen molar-refractivity contribution < 1.29 is 23.5 Å². The summed E-state index contributed by atoms with van der Waals surface area (Å²) in [6, 6.07) is 11.0. The lowest BCUT2D eigenvalue weighted by Crippen LogP contribution is -2.26. The summed E-state index contributed by atoms with van der Waals surface area (Å²) in [4.78, 5) is 30.1. The van der Waals surface area contributed by atoms with Crippen LogP contribution in [0.3, 0.4) is 0 Å². The second kappa shape index (κ2) is 8.95. The minimum atomic E-state index is -0.614. The van der Waals surface area contributed by atoms with Crippen LogP contribution in [0.4, 0.5) is 20.7 Å². The maximum absolute atomic E-state index is 13.7. The first-order valence-electron chi connectivity index (χ1n) is 9.81. The van der Waals surface area contributed by atoms with E-state index in [9.17, 15) is 14.0 Å². The Morgan fingerprint density at radius 3 is 2.61 bits per heavy atom. The van der Waals surface area contributed by atoms with E-state index in [4.69, 9.17) is 4.74 Å². The molecular formula is C23H20FN5O4. The van der Waals surface area contributed by atoms with Crippen molar-refractivity contribution in [3.8, 4) is 16.9 Å². The summed E-state index contributed by atoms with van der Waals surface area (Å²) in [6.07, 6.45) is 4.33. The van der Waals surface area contributed by atoms with Crippen LogP contribution in [0.25, 0.3) is 16.6 Å². The number of carbonyl (C=O) groups excluding carboxylic acids is 2. The number of anilines is 2. The van der Waals surface area contributed by atoms with E-state index in [1.807, 2.05) is 0 Å². The number of methoxy groups -OCH3 is 2. The standard InChI is InChI=1S/C23H20FN5O4/c1-28(16-5-6-18(24)20(11-16)32-2)22(30)14-8-9-29-19(10-14)17(13-26-29)15-4-7-21(25-12-15)27-23(31)33-3/h4-13H,1-3H3,(H,25,27,31). The minimum absolute atomic E-state index is 0.0540. The van der Waals surface area contributed by atoms with Crippen LogP contribution in [-0.2, 0) is 4.74 Å². The zero-order valence-electron chi connectivity index (χ0n) is 18.1. The molecule has 0 spiro atoms. The van der Waals surface area contributed by atoms with Gasteiger partial charge in [-0.15, -0.1) is 0 Å². The molecule has 3 heterocycles. The van der Waals surface area contributed by atoms with Crippen molar-refractivity contribution in [2.24, 2.45) is 0 Å². The van der Waals surface area contributed by atoms with Gasteiger partial charge in [-0.1, -0.05) is 0 Å². The Kier molecular flexibility index (Phi) is 5.90. The van der Waals surface area contributed by atoms with Crippen LogP contribution in [0.2, 0.25) is 0 Å². The molecule has 3 aromatic heterocycles. The normalized spacial score (nSPS) is 10.7. The first-order valence-corrected chi connectivity index (χ1v) is 9.81. The van der Waals surface area contributed by atoms with Crippen LogP contribution in [0.5, 0.6) is 5.75 Å². The lowest BCUT2D eigenvalue weighted by molar-refractivity contribution is 0.0993. The van der Waals surface area contributed by atoms with Gasteiger partial charge in [-0.2, -0.15) is 5.10 Å². The fourth-order valence-corrected chi connectivity index (χ4v) is 3.29. The first kappa shape index (κ1) is 21.8. The Morgan fingerprint density at radius 1 is 1.09 bits per heavy atom. The van der Waals surface area contributed by atoms with Gasteiger partial charge < -0.3 is 14.4 Å². The number of rotatable bonds is 5. The molecule has 4 rings (SSSR count). The number of aromatic nitrogens is 3. The fourth-order valence-electron chi connectivity index (χ4n) is 3.29. The second-order valence-corrected chi connectivity index (χ2v) is 7.04. The van der Waals surface area contributed by atoms with Gasteiger partial charge in [0, 0.05) is 47.9 Å². The molecular weight excluding hydrogens is 429 g/mol. The van der Waals surface area contributed by atoms with E-state index in [0.717, 1.165) is 11.1 Å². The monoisotopic (exact) mass is 449 g/mol. The smallest absolute Gasteiger partial charge is 0.412 e. The van der Waals surface area contributed by atoms with E-state index in [1.165, 1.54) is 37.3 Å². The Balaban J connectivity index is 1.64. The predicted molar refractivity (Wildman–Crippen MR) is 120 cm³/mol. The molecule has 1 aromatic carbocycles. The molecule has 0 aliphatic rings. The van der Waals surface area contributed by atoms with Crippen molar-refractivity contribution in [2.75, 3.05) is 31.5 Å². The highest BCUT2D eigenvalue weighted by atomic mass is 19.1. The largest absolute Gasteiger partial charge is 0.494 e. The summed E-state index contributed by atoms with van der Waals surface area (Å²) < 4.78 is 24.9. The summed E-state index contributed by atoms with van der Waals surface area (Å²) in [5.41, 5.74) is 3.12. The zero-order valence-corrected chi connectivity index (χ0v) is 18.1. The number of nitrogens with zero attached hydrogens (tertiary/aromatic N) is 4. The van der Waals surface area contributed by atoms with Gasteiger partial charge in [0.05, 0.1) is 25.9 Å². The van der Waals surface area contributed by atoms with Gasteiger partial charge in [-0.05, 0) is 36.4 Å². The van der Waals surface area contributed by atoms with Gasteiger partial charge in [-0.3, -0.25) is 10.1 Å². The molecule has 0 aliphatic heterocycles. The number of amides is 2. The number of fused-ring (bicyclic) bond motifs is 1. The molecule has 10 heteroatoms. The Hall–Kier alpha value is -4.47. The van der Waals surface area contributed by atoms with Gasteiger partial charge in [0.15, 0.2) is 11.6 Å². The SMILES string of the molecule is COC(=O)Nc1ccc(-c2cnn3ccc(C(=O)N(C)c4ccc(F)c(OC)c4)cc23)cn1. The molecule has 0 radical (unpaired) electrons. The predicted octanol–water partition coefficient (Wildman–Crippen LogP) is 4.00. The molecule has 1 N–H and O–H groups in total. The maximum atomic E-state index is 13.7. The van der Waals surface area contributed by atoms with Gasteiger partial charge in [0.2, 0.25) is 0 Å². The Bertz CT molecular complexity index is 1340. The van der Waals surface area contributed by atoms with Gasteiger partial charge in [-0.25, -0.2) is 18.7 Å². The van der Waals surface area contributed by atoms with Crippen LogP contribution in [0.1, 0.15) is 10.4 Å². The molecule has 0 aliphatic carbocycles. The number of carbonyl (C=O) groups is 2. The first-order chi connectivity index (χ1) is 15.9. The van der Waals surface area contributed by atoms with Gasteiger partial charge >= 0.3 is 6.09 Å². The van der Waals surface area contributed by atoms with Gasteiger partial charge in [0.1, 0.15) is 5.82 Å². The third-order valence-corrected chi connectivity index (χ3v) is 5.09. The molecule has 9 nitrogen and oxygen atoms in total. The van der Waals surface area contributed by atoms with Crippen molar-refractivity contribution >= 4 is 29.0 Å². The molecule has 33 heavy (non-hydrogen) atoms. The number of halogens is 1. The third kappa shape index (κ3) is 4.31. The van der Waals surface area contributed by atoms with E-state index < -0.39 is 11.9 Å². The average Bonchev–Trinajstić information content (AvgIpc) is 3.27. The number of pyridine rings is 2. The molecule has 168 valence electrons. The quantitative estimate of drug-likeness (QED) is 0.495. The van der Waals surface area contributed by atoms with Crippen molar-refractivity contribution in [1.29, 1.82) is 0 Å². The molecule has 0 atom stereocenters. The summed E-state index contributed by atoms with van der Waals surface area (Å²) in [6.45, 7) is 0. The molecule has 2 amide bonds. The third-order valence-electron chi connectivity index (χ3n) is 5.09. The van der Waals surface area contributed by atoms with E-state index in [0.29, 0.717) is 22.6 Å². The van der Waals surface area contributed by atoms with E-state index >= 15 is 0 Å². The molecule has 0 saturated heterocycles. The molecule has 0 saturated carbocycles. The molecule has 4 aromatic rings. The van der Waals surface area contributed by atoms with E-state index in [2.05, 4.69) is 20.1 Å². The number of benzene rings is 1. The average molecular weight is 449 g/mol. The zero-order chi connectivity index (χ0) is 23.5. The van der Waals surface area contributed by atoms with Crippen molar-refractivity contribution in [2.45, 2.75) is 0 Å². The summed E-state index contributed by atoms with van der Waals surface area (Å²) in [5, 5.41) is 6.82. The lowest BCUT2D eigenvalue weighted by Gasteiger charge is -2.18. The highest BCUT2D eigenvalue weighted by molar-refractivity contribution is 6.06.